The Morgan fingerprint density at radius 3 is 2.23 bits per heavy atom. The molecule has 0 unspecified atom stereocenters. The highest BCUT2D eigenvalue weighted by molar-refractivity contribution is 5.57. The van der Waals surface area contributed by atoms with Gasteiger partial charge in [0.15, 0.2) is 17.4 Å². The Morgan fingerprint density at radius 2 is 1.52 bits per heavy atom. The molecule has 0 fully saturated rings. The first kappa shape index (κ1) is 23.9. The summed E-state index contributed by atoms with van der Waals surface area (Å²) in [6.45, 7) is 3.86. The van der Waals surface area contributed by atoms with Gasteiger partial charge in [-0.05, 0) is 49.3 Å². The lowest BCUT2D eigenvalue weighted by Gasteiger charge is -2.07. The minimum Gasteiger partial charge on any atom is -0.403 e. The maximum Gasteiger partial charge on any atom is 0.203 e. The molecule has 0 saturated heterocycles. The summed E-state index contributed by atoms with van der Waals surface area (Å²) in [5.41, 5.74) is 0.959. The molecule has 2 aromatic rings. The second-order valence-corrected chi connectivity index (χ2v) is 6.98. The zero-order valence-corrected chi connectivity index (χ0v) is 18.0. The molecule has 1 heterocycles. The van der Waals surface area contributed by atoms with Crippen LogP contribution in [0.5, 0.6) is 5.75 Å². The van der Waals surface area contributed by atoms with Crippen molar-refractivity contribution in [3.63, 3.8) is 0 Å². The van der Waals surface area contributed by atoms with Crippen LogP contribution in [0.3, 0.4) is 0 Å². The fraction of sp³-hybridized carbons (Fsp3) is 0.385. The van der Waals surface area contributed by atoms with Gasteiger partial charge >= 0.3 is 0 Å². The number of hydrogen-bond acceptors (Lipinski definition) is 3. The molecule has 0 spiro atoms. The van der Waals surface area contributed by atoms with E-state index >= 15 is 0 Å². The molecule has 0 N–H and O–H groups in total. The van der Waals surface area contributed by atoms with Crippen molar-refractivity contribution < 1.29 is 13.5 Å². The maximum absolute atomic E-state index is 14.5. The molecule has 2 rings (SSSR count). The Kier molecular flexibility index (Phi) is 10.6. The predicted molar refractivity (Wildman–Crippen MR) is 119 cm³/mol. The molecule has 160 valence electrons. The number of benzene rings is 1. The zero-order chi connectivity index (χ0) is 22.3. The average Bonchev–Trinajstić information content (AvgIpc) is 2.79. The summed E-state index contributed by atoms with van der Waals surface area (Å²) in [5.74, 6) is 9.89. The number of hydrogen-bond donors (Lipinski definition) is 0. The topological polar surface area (TPSA) is 35.0 Å². The van der Waals surface area contributed by atoms with E-state index in [0.29, 0.717) is 0 Å². The maximum atomic E-state index is 14.5. The Labute approximate surface area is 183 Å². The summed E-state index contributed by atoms with van der Waals surface area (Å²) in [6, 6.07) is 2.66. The second-order valence-electron chi connectivity index (χ2n) is 6.98. The molecule has 0 atom stereocenters. The average molecular weight is 421 g/mol. The summed E-state index contributed by atoms with van der Waals surface area (Å²) in [4.78, 5) is 8.41. The van der Waals surface area contributed by atoms with E-state index in [1.807, 2.05) is 0 Å². The number of halogens is 2. The molecule has 0 amide bonds. The van der Waals surface area contributed by atoms with Crippen molar-refractivity contribution in [2.75, 3.05) is 0 Å². The van der Waals surface area contributed by atoms with Crippen LogP contribution in [0.15, 0.2) is 24.5 Å². The van der Waals surface area contributed by atoms with Gasteiger partial charge in [0.1, 0.15) is 6.11 Å². The molecule has 31 heavy (non-hydrogen) atoms. The van der Waals surface area contributed by atoms with Crippen molar-refractivity contribution in [1.29, 1.82) is 0 Å². The van der Waals surface area contributed by atoms with Gasteiger partial charge in [0.2, 0.25) is 5.82 Å². The van der Waals surface area contributed by atoms with Crippen molar-refractivity contribution in [2.45, 2.75) is 65.2 Å². The van der Waals surface area contributed by atoms with Crippen molar-refractivity contribution in [1.82, 2.24) is 9.97 Å². The molecular formula is C26H26F2N2O. The molecule has 0 aliphatic heterocycles. The fourth-order valence-corrected chi connectivity index (χ4v) is 2.92. The minimum absolute atomic E-state index is 0.0294. The van der Waals surface area contributed by atoms with E-state index in [1.165, 1.54) is 50.7 Å². The van der Waals surface area contributed by atoms with E-state index < -0.39 is 11.6 Å². The van der Waals surface area contributed by atoms with E-state index in [0.717, 1.165) is 18.4 Å². The summed E-state index contributed by atoms with van der Waals surface area (Å²) >= 11 is 0. The summed E-state index contributed by atoms with van der Waals surface area (Å²) < 4.78 is 33.7. The highest BCUT2D eigenvalue weighted by atomic mass is 19.2. The summed E-state index contributed by atoms with van der Waals surface area (Å²) in [6.07, 6.45) is 15.0. The number of rotatable bonds is 10. The van der Waals surface area contributed by atoms with E-state index in [1.54, 1.807) is 19.3 Å². The molecule has 0 aliphatic carbocycles. The van der Waals surface area contributed by atoms with Crippen LogP contribution >= 0.6 is 0 Å². The lowest BCUT2D eigenvalue weighted by atomic mass is 10.1. The van der Waals surface area contributed by atoms with Crippen LogP contribution in [0.1, 0.15) is 64.4 Å². The van der Waals surface area contributed by atoms with Crippen LogP contribution in [0.2, 0.25) is 0 Å². The first-order chi connectivity index (χ1) is 15.2. The number of aromatic nitrogens is 2. The first-order valence-electron chi connectivity index (χ1n) is 10.5. The van der Waals surface area contributed by atoms with E-state index in [-0.39, 0.29) is 17.1 Å². The Bertz CT molecular complexity index is 1030. The molecule has 0 bridgehead atoms. The van der Waals surface area contributed by atoms with Gasteiger partial charge in [0.05, 0.1) is 5.56 Å². The molecule has 0 aliphatic rings. The van der Waals surface area contributed by atoms with Gasteiger partial charge in [-0.15, -0.1) is 0 Å². The highest BCUT2D eigenvalue weighted by Gasteiger charge is 2.17. The lowest BCUT2D eigenvalue weighted by Crippen LogP contribution is -1.99. The lowest BCUT2D eigenvalue weighted by molar-refractivity contribution is 0.435. The summed E-state index contributed by atoms with van der Waals surface area (Å²) in [5, 5.41) is 0. The van der Waals surface area contributed by atoms with Crippen molar-refractivity contribution in [2.24, 2.45) is 0 Å². The first-order valence-corrected chi connectivity index (χ1v) is 10.5. The normalized spacial score (nSPS) is 9.55. The second kappa shape index (κ2) is 13.8. The number of nitrogens with zero attached hydrogens (tertiary/aromatic N) is 2. The van der Waals surface area contributed by atoms with Gasteiger partial charge in [-0.1, -0.05) is 51.4 Å². The number of aryl methyl sites for hydroxylation is 1. The largest absolute Gasteiger partial charge is 0.403 e. The molecule has 0 saturated carbocycles. The quantitative estimate of drug-likeness (QED) is 0.345. The SMILES string of the molecule is CC#CC#CC#COc1ccc(-c2ncc(CCCCCCCCC)cn2)c(F)c1F. The third kappa shape index (κ3) is 8.12. The van der Waals surface area contributed by atoms with E-state index in [9.17, 15) is 8.78 Å². The van der Waals surface area contributed by atoms with Gasteiger partial charge in [0.25, 0.3) is 0 Å². The third-order valence-electron chi connectivity index (χ3n) is 4.59. The fourth-order valence-electron chi connectivity index (χ4n) is 2.92. The summed E-state index contributed by atoms with van der Waals surface area (Å²) in [7, 11) is 0. The number of ether oxygens (including phenoxy) is 1. The van der Waals surface area contributed by atoms with Crippen LogP contribution in [0.25, 0.3) is 11.4 Å². The smallest absolute Gasteiger partial charge is 0.203 e. The predicted octanol–water partition coefficient (Wildman–Crippen LogP) is 6.08. The minimum atomic E-state index is -1.15. The monoisotopic (exact) mass is 420 g/mol. The van der Waals surface area contributed by atoms with Crippen LogP contribution in [0, 0.1) is 47.3 Å². The van der Waals surface area contributed by atoms with Gasteiger partial charge in [-0.2, -0.15) is 4.39 Å². The van der Waals surface area contributed by atoms with Gasteiger partial charge in [0, 0.05) is 24.2 Å². The van der Waals surface area contributed by atoms with Gasteiger partial charge in [-0.3, -0.25) is 0 Å². The van der Waals surface area contributed by atoms with Crippen LogP contribution < -0.4 is 4.74 Å². The van der Waals surface area contributed by atoms with Crippen LogP contribution in [0.4, 0.5) is 8.78 Å². The molecule has 3 nitrogen and oxygen atoms in total. The van der Waals surface area contributed by atoms with Crippen molar-refractivity contribution >= 4 is 0 Å². The van der Waals surface area contributed by atoms with Crippen LogP contribution in [-0.2, 0) is 6.42 Å². The number of unbranched alkanes of at least 4 members (excludes halogenated alkanes) is 6. The van der Waals surface area contributed by atoms with E-state index in [2.05, 4.69) is 52.6 Å². The van der Waals surface area contributed by atoms with Crippen molar-refractivity contribution in [3.05, 3.63) is 41.7 Å². The van der Waals surface area contributed by atoms with Gasteiger partial charge < -0.3 is 4.74 Å². The molecule has 1 aromatic carbocycles. The molecule has 0 radical (unpaired) electrons. The Morgan fingerprint density at radius 1 is 0.839 bits per heavy atom. The van der Waals surface area contributed by atoms with E-state index in [4.69, 9.17) is 4.74 Å². The van der Waals surface area contributed by atoms with Crippen LogP contribution in [-0.4, -0.2) is 9.97 Å². The highest BCUT2D eigenvalue weighted by Crippen LogP contribution is 2.27. The third-order valence-corrected chi connectivity index (χ3v) is 4.59. The van der Waals surface area contributed by atoms with Crippen molar-refractivity contribution in [3.8, 4) is 52.8 Å². The molecule has 5 heteroatoms. The Hall–Kier alpha value is -3.36. The molecular weight excluding hydrogens is 394 g/mol. The Balaban J connectivity index is 1.94. The standard InChI is InChI=1S/C26H26F2N2O/c1-3-5-7-9-10-11-13-15-21-19-29-26(30-20-21)22-16-17-23(25(28)24(22)27)31-18-14-12-8-6-4-2/h16-17,19-20H,3,5,7,9-11,13,15H2,1-2H3. The van der Waals surface area contributed by atoms with Gasteiger partial charge in [-0.25, -0.2) is 14.4 Å². The molecule has 1 aromatic heterocycles. The zero-order valence-electron chi connectivity index (χ0n) is 18.0.